The van der Waals surface area contributed by atoms with Gasteiger partial charge in [-0.2, -0.15) is 5.26 Å². The van der Waals surface area contributed by atoms with Gasteiger partial charge >= 0.3 is 11.9 Å². The van der Waals surface area contributed by atoms with Gasteiger partial charge < -0.3 is 9.47 Å². The van der Waals surface area contributed by atoms with Crippen LogP contribution in [0.25, 0.3) is 0 Å². The van der Waals surface area contributed by atoms with Crippen molar-refractivity contribution in [2.75, 3.05) is 6.61 Å². The minimum Gasteiger partial charge on any atom is -0.461 e. The van der Waals surface area contributed by atoms with E-state index in [9.17, 15) is 9.59 Å². The molecule has 0 spiro atoms. The van der Waals surface area contributed by atoms with Gasteiger partial charge in [0.15, 0.2) is 0 Å². The number of carbonyl (C=O) groups is 2. The van der Waals surface area contributed by atoms with Crippen LogP contribution in [0.15, 0.2) is 11.8 Å². The lowest BCUT2D eigenvalue weighted by molar-refractivity contribution is -0.138. The topological polar surface area (TPSA) is 76.4 Å². The van der Waals surface area contributed by atoms with Crippen molar-refractivity contribution in [2.45, 2.75) is 20.3 Å². The van der Waals surface area contributed by atoms with Crippen molar-refractivity contribution in [3.05, 3.63) is 11.8 Å². The van der Waals surface area contributed by atoms with Crippen LogP contribution in [-0.2, 0) is 19.1 Å². The lowest BCUT2D eigenvalue weighted by Gasteiger charge is -2.00. The second kappa shape index (κ2) is 6.66. The minimum atomic E-state index is -0.626. The fraction of sp³-hybridized carbons (Fsp3) is 0.444. The van der Waals surface area contributed by atoms with Crippen molar-refractivity contribution in [3.63, 3.8) is 0 Å². The standard InChI is InChI=1S/C9H11NO4/c1-7(14-8(2)11)6-9(12)13-5-3-4-10/h6H,3,5H2,1-2H3/b7-6+. The quantitative estimate of drug-likeness (QED) is 0.290. The average molecular weight is 197 g/mol. The largest absolute Gasteiger partial charge is 0.461 e. The molecule has 0 bridgehead atoms. The highest BCUT2D eigenvalue weighted by atomic mass is 16.5. The Morgan fingerprint density at radius 3 is 2.57 bits per heavy atom. The molecule has 76 valence electrons. The number of allylic oxidation sites excluding steroid dienone is 1. The van der Waals surface area contributed by atoms with E-state index in [1.54, 1.807) is 0 Å². The van der Waals surface area contributed by atoms with Crippen LogP contribution in [0.4, 0.5) is 0 Å². The number of hydrogen-bond donors (Lipinski definition) is 0. The normalized spacial score (nSPS) is 10.2. The van der Waals surface area contributed by atoms with Crippen molar-refractivity contribution < 1.29 is 19.1 Å². The van der Waals surface area contributed by atoms with Crippen LogP contribution in [-0.4, -0.2) is 18.5 Å². The minimum absolute atomic E-state index is 0.0409. The molecular weight excluding hydrogens is 186 g/mol. The SMILES string of the molecule is CC(=O)O/C(C)=C/C(=O)OCCC#N. The molecule has 5 heteroatoms. The number of nitriles is 1. The molecule has 0 aliphatic rings. The predicted octanol–water partition coefficient (Wildman–Crippen LogP) is 0.910. The maximum atomic E-state index is 10.9. The third kappa shape index (κ3) is 6.85. The molecule has 0 heterocycles. The number of hydrogen-bond acceptors (Lipinski definition) is 5. The summed E-state index contributed by atoms with van der Waals surface area (Å²) in [6.07, 6.45) is 1.20. The van der Waals surface area contributed by atoms with Gasteiger partial charge in [0, 0.05) is 6.92 Å². The van der Waals surface area contributed by atoms with Gasteiger partial charge in [0.25, 0.3) is 0 Å². The molecule has 0 radical (unpaired) electrons. The Morgan fingerprint density at radius 2 is 2.07 bits per heavy atom. The van der Waals surface area contributed by atoms with E-state index in [0.29, 0.717) is 0 Å². The third-order valence-corrected chi connectivity index (χ3v) is 1.08. The molecule has 0 aromatic heterocycles. The van der Waals surface area contributed by atoms with Crippen molar-refractivity contribution in [1.29, 1.82) is 5.26 Å². The van der Waals surface area contributed by atoms with Crippen LogP contribution in [0.1, 0.15) is 20.3 Å². The Labute approximate surface area is 81.9 Å². The maximum Gasteiger partial charge on any atom is 0.334 e. The van der Waals surface area contributed by atoms with E-state index >= 15 is 0 Å². The molecule has 0 aromatic rings. The first-order valence-electron chi connectivity index (χ1n) is 3.96. The van der Waals surface area contributed by atoms with Crippen LogP contribution in [0.5, 0.6) is 0 Å². The molecule has 0 fully saturated rings. The van der Waals surface area contributed by atoms with Crippen molar-refractivity contribution in [3.8, 4) is 6.07 Å². The number of nitrogens with zero attached hydrogens (tertiary/aromatic N) is 1. The van der Waals surface area contributed by atoms with Gasteiger partial charge in [-0.25, -0.2) is 4.79 Å². The van der Waals surface area contributed by atoms with Gasteiger partial charge in [-0.3, -0.25) is 4.79 Å². The highest BCUT2D eigenvalue weighted by Crippen LogP contribution is 1.97. The zero-order valence-electron chi connectivity index (χ0n) is 8.07. The summed E-state index contributed by atoms with van der Waals surface area (Å²) in [6.45, 7) is 2.74. The van der Waals surface area contributed by atoms with Crippen molar-refractivity contribution in [2.24, 2.45) is 0 Å². The highest BCUT2D eigenvalue weighted by Gasteiger charge is 2.01. The molecule has 5 nitrogen and oxygen atoms in total. The molecule has 0 amide bonds. The van der Waals surface area contributed by atoms with Crippen LogP contribution < -0.4 is 0 Å². The number of carbonyl (C=O) groups excluding carboxylic acids is 2. The zero-order chi connectivity index (χ0) is 11.0. The first kappa shape index (κ1) is 12.2. The van der Waals surface area contributed by atoms with Gasteiger partial charge in [-0.05, 0) is 6.92 Å². The molecule has 0 aliphatic heterocycles. The van der Waals surface area contributed by atoms with Crippen LogP contribution >= 0.6 is 0 Å². The van der Waals surface area contributed by atoms with E-state index in [4.69, 9.17) is 5.26 Å². The molecule has 0 saturated carbocycles. The fourth-order valence-electron chi connectivity index (χ4n) is 0.661. The van der Waals surface area contributed by atoms with E-state index < -0.39 is 11.9 Å². The van der Waals surface area contributed by atoms with E-state index in [0.717, 1.165) is 6.08 Å². The first-order chi connectivity index (χ1) is 6.56. The first-order valence-corrected chi connectivity index (χ1v) is 3.96. The van der Waals surface area contributed by atoms with Gasteiger partial charge in [0.05, 0.1) is 18.6 Å². The number of esters is 2. The van der Waals surface area contributed by atoms with E-state index in [-0.39, 0.29) is 18.8 Å². The highest BCUT2D eigenvalue weighted by molar-refractivity contribution is 5.83. The summed E-state index contributed by atoms with van der Waals surface area (Å²) in [4.78, 5) is 21.3. The molecule has 14 heavy (non-hydrogen) atoms. The van der Waals surface area contributed by atoms with Crippen LogP contribution in [0.2, 0.25) is 0 Å². The van der Waals surface area contributed by atoms with Gasteiger partial charge in [-0.1, -0.05) is 0 Å². The van der Waals surface area contributed by atoms with Crippen LogP contribution in [0.3, 0.4) is 0 Å². The Balaban J connectivity index is 3.91. The average Bonchev–Trinajstić information content (AvgIpc) is 2.02. The summed E-state index contributed by atoms with van der Waals surface area (Å²) in [7, 11) is 0. The predicted molar refractivity (Wildman–Crippen MR) is 46.7 cm³/mol. The monoisotopic (exact) mass is 197 g/mol. The summed E-state index contributed by atoms with van der Waals surface area (Å²) in [6, 6.07) is 1.83. The second-order valence-corrected chi connectivity index (χ2v) is 2.42. The third-order valence-electron chi connectivity index (χ3n) is 1.08. The lowest BCUT2D eigenvalue weighted by Crippen LogP contribution is -2.04. The van der Waals surface area contributed by atoms with Gasteiger partial charge in [0.1, 0.15) is 12.4 Å². The number of ether oxygens (including phenoxy) is 2. The Morgan fingerprint density at radius 1 is 1.43 bits per heavy atom. The molecule has 0 aromatic carbocycles. The van der Waals surface area contributed by atoms with E-state index in [1.165, 1.54) is 13.8 Å². The van der Waals surface area contributed by atoms with Crippen molar-refractivity contribution in [1.82, 2.24) is 0 Å². The van der Waals surface area contributed by atoms with Crippen LogP contribution in [0, 0.1) is 11.3 Å². The smallest absolute Gasteiger partial charge is 0.334 e. The Hall–Kier alpha value is -1.83. The molecular formula is C9H11NO4. The summed E-state index contributed by atoms with van der Waals surface area (Å²) in [5.74, 6) is -0.956. The van der Waals surface area contributed by atoms with Gasteiger partial charge in [-0.15, -0.1) is 0 Å². The molecule has 0 saturated heterocycles. The molecule has 0 atom stereocenters. The maximum absolute atomic E-state index is 10.9. The zero-order valence-corrected chi connectivity index (χ0v) is 8.07. The lowest BCUT2D eigenvalue weighted by atomic mass is 10.4. The summed E-state index contributed by atoms with van der Waals surface area (Å²) in [5, 5.41) is 8.15. The van der Waals surface area contributed by atoms with E-state index in [1.807, 2.05) is 6.07 Å². The van der Waals surface area contributed by atoms with Gasteiger partial charge in [0.2, 0.25) is 0 Å². The summed E-state index contributed by atoms with van der Waals surface area (Å²) >= 11 is 0. The Kier molecular flexibility index (Phi) is 5.79. The summed E-state index contributed by atoms with van der Waals surface area (Å²) in [5.41, 5.74) is 0. The fourth-order valence-corrected chi connectivity index (χ4v) is 0.661. The molecule has 0 aliphatic carbocycles. The molecule has 0 rings (SSSR count). The number of rotatable bonds is 4. The van der Waals surface area contributed by atoms with Crippen molar-refractivity contribution >= 4 is 11.9 Å². The van der Waals surface area contributed by atoms with E-state index in [2.05, 4.69) is 9.47 Å². The summed E-state index contributed by atoms with van der Waals surface area (Å²) < 4.78 is 9.19. The second-order valence-electron chi connectivity index (χ2n) is 2.42. The Bertz CT molecular complexity index is 288. The molecule has 0 N–H and O–H groups in total. The molecule has 0 unspecified atom stereocenters.